The minimum Gasteiger partial charge on any atom is -0.375 e. The molecule has 1 aliphatic rings. The summed E-state index contributed by atoms with van der Waals surface area (Å²) in [6, 6.07) is 6.23. The smallest absolute Gasteiger partial charge is 0.269 e. The first kappa shape index (κ1) is 14.4. The van der Waals surface area contributed by atoms with Gasteiger partial charge in [-0.3, -0.25) is 14.9 Å². The number of non-ortho nitro benzene ring substituents is 1. The predicted molar refractivity (Wildman–Crippen MR) is 72.2 cm³/mol. The third kappa shape index (κ3) is 4.29. The Morgan fingerprint density at radius 2 is 2.40 bits per heavy atom. The lowest BCUT2D eigenvalue weighted by Crippen LogP contribution is -2.41. The van der Waals surface area contributed by atoms with Crippen LogP contribution in [0.15, 0.2) is 24.3 Å². The van der Waals surface area contributed by atoms with Crippen LogP contribution in [-0.4, -0.2) is 36.6 Å². The van der Waals surface area contributed by atoms with Crippen molar-refractivity contribution in [2.24, 2.45) is 0 Å². The standard InChI is InChI=1S/C13H17N3O4/c17-13(7-12-9-14-4-5-20-12)15-8-10-2-1-3-11(6-10)16(18)19/h1-3,6,12,14H,4-5,7-9H2,(H,15,17). The Morgan fingerprint density at radius 1 is 1.55 bits per heavy atom. The van der Waals surface area contributed by atoms with Crippen molar-refractivity contribution in [3.05, 3.63) is 39.9 Å². The van der Waals surface area contributed by atoms with Gasteiger partial charge in [0.25, 0.3) is 5.69 Å². The van der Waals surface area contributed by atoms with Gasteiger partial charge in [0.1, 0.15) is 0 Å². The number of ether oxygens (including phenoxy) is 1. The van der Waals surface area contributed by atoms with Gasteiger partial charge in [0.15, 0.2) is 0 Å². The second-order valence-electron chi connectivity index (χ2n) is 4.60. The summed E-state index contributed by atoms with van der Waals surface area (Å²) in [6.45, 7) is 2.37. The van der Waals surface area contributed by atoms with E-state index in [-0.39, 0.29) is 24.2 Å². The molecule has 7 nitrogen and oxygen atoms in total. The van der Waals surface area contributed by atoms with Crippen molar-refractivity contribution >= 4 is 11.6 Å². The second kappa shape index (κ2) is 6.97. The number of carbonyl (C=O) groups is 1. The van der Waals surface area contributed by atoms with Gasteiger partial charge in [0.2, 0.25) is 5.91 Å². The quantitative estimate of drug-likeness (QED) is 0.607. The van der Waals surface area contributed by atoms with Gasteiger partial charge in [-0.15, -0.1) is 0 Å². The Bertz CT molecular complexity index is 486. The van der Waals surface area contributed by atoms with Crippen LogP contribution in [0.2, 0.25) is 0 Å². The van der Waals surface area contributed by atoms with Crippen molar-refractivity contribution < 1.29 is 14.5 Å². The summed E-state index contributed by atoms with van der Waals surface area (Å²) in [5.74, 6) is -0.120. The first-order valence-electron chi connectivity index (χ1n) is 6.47. The van der Waals surface area contributed by atoms with E-state index in [1.165, 1.54) is 12.1 Å². The Hall–Kier alpha value is -1.99. The summed E-state index contributed by atoms with van der Waals surface area (Å²) < 4.78 is 5.44. The maximum Gasteiger partial charge on any atom is 0.269 e. The molecule has 20 heavy (non-hydrogen) atoms. The highest BCUT2D eigenvalue weighted by atomic mass is 16.6. The molecule has 1 heterocycles. The van der Waals surface area contributed by atoms with Crippen LogP contribution in [0.25, 0.3) is 0 Å². The average Bonchev–Trinajstić information content (AvgIpc) is 2.46. The Balaban J connectivity index is 1.80. The van der Waals surface area contributed by atoms with Gasteiger partial charge in [-0.1, -0.05) is 12.1 Å². The van der Waals surface area contributed by atoms with E-state index >= 15 is 0 Å². The predicted octanol–water partition coefficient (Wildman–Crippen LogP) is 0.590. The Kier molecular flexibility index (Phi) is 5.03. The van der Waals surface area contributed by atoms with Crippen molar-refractivity contribution in [1.29, 1.82) is 0 Å². The van der Waals surface area contributed by atoms with Gasteiger partial charge >= 0.3 is 0 Å². The van der Waals surface area contributed by atoms with Crippen molar-refractivity contribution in [2.75, 3.05) is 19.7 Å². The van der Waals surface area contributed by atoms with Gasteiger partial charge in [-0.25, -0.2) is 0 Å². The van der Waals surface area contributed by atoms with Crippen molar-refractivity contribution in [3.8, 4) is 0 Å². The van der Waals surface area contributed by atoms with Gasteiger partial charge in [-0.05, 0) is 5.56 Å². The number of nitrogens with one attached hydrogen (secondary N) is 2. The third-order valence-corrected chi connectivity index (χ3v) is 3.03. The molecular formula is C13H17N3O4. The molecule has 1 atom stereocenters. The fourth-order valence-electron chi connectivity index (χ4n) is 2.01. The fourth-order valence-corrected chi connectivity index (χ4v) is 2.01. The molecule has 1 fully saturated rings. The number of rotatable bonds is 5. The van der Waals surface area contributed by atoms with Crippen molar-refractivity contribution in [3.63, 3.8) is 0 Å². The van der Waals surface area contributed by atoms with E-state index in [0.717, 1.165) is 6.54 Å². The molecule has 1 unspecified atom stereocenters. The van der Waals surface area contributed by atoms with E-state index in [4.69, 9.17) is 4.74 Å². The van der Waals surface area contributed by atoms with Crippen LogP contribution in [0.5, 0.6) is 0 Å². The molecule has 108 valence electrons. The number of nitro groups is 1. The molecule has 1 amide bonds. The summed E-state index contributed by atoms with van der Waals surface area (Å²) in [6.07, 6.45) is 0.191. The van der Waals surface area contributed by atoms with Gasteiger partial charge in [0.05, 0.1) is 24.1 Å². The van der Waals surface area contributed by atoms with Crippen LogP contribution in [0.3, 0.4) is 0 Å². The number of amides is 1. The maximum atomic E-state index is 11.8. The third-order valence-electron chi connectivity index (χ3n) is 3.03. The summed E-state index contributed by atoms with van der Waals surface area (Å²) in [7, 11) is 0. The Labute approximate surface area is 116 Å². The first-order chi connectivity index (χ1) is 9.65. The molecule has 1 aromatic carbocycles. The van der Waals surface area contributed by atoms with Crippen LogP contribution in [0.4, 0.5) is 5.69 Å². The normalized spacial score (nSPS) is 18.5. The zero-order valence-corrected chi connectivity index (χ0v) is 11.0. The number of nitrogens with zero attached hydrogens (tertiary/aromatic N) is 1. The lowest BCUT2D eigenvalue weighted by molar-refractivity contribution is -0.384. The molecule has 0 spiro atoms. The van der Waals surface area contributed by atoms with Gasteiger partial charge in [-0.2, -0.15) is 0 Å². The first-order valence-corrected chi connectivity index (χ1v) is 6.47. The van der Waals surface area contributed by atoms with Crippen LogP contribution < -0.4 is 10.6 Å². The molecule has 1 aliphatic heterocycles. The van der Waals surface area contributed by atoms with E-state index in [1.807, 2.05) is 0 Å². The van der Waals surface area contributed by atoms with Gasteiger partial charge in [0, 0.05) is 31.8 Å². The minimum absolute atomic E-state index is 0.0246. The van der Waals surface area contributed by atoms with Gasteiger partial charge < -0.3 is 15.4 Å². The number of morpholine rings is 1. The number of hydrogen-bond donors (Lipinski definition) is 2. The zero-order valence-electron chi connectivity index (χ0n) is 11.0. The number of hydrogen-bond acceptors (Lipinski definition) is 5. The number of benzene rings is 1. The monoisotopic (exact) mass is 279 g/mol. The highest BCUT2D eigenvalue weighted by molar-refractivity contribution is 5.76. The zero-order chi connectivity index (χ0) is 14.4. The maximum absolute atomic E-state index is 11.8. The molecule has 2 N–H and O–H groups in total. The van der Waals surface area contributed by atoms with Crippen LogP contribution >= 0.6 is 0 Å². The van der Waals surface area contributed by atoms with E-state index < -0.39 is 4.92 Å². The molecule has 0 aliphatic carbocycles. The molecule has 0 bridgehead atoms. The topological polar surface area (TPSA) is 93.5 Å². The molecule has 0 radical (unpaired) electrons. The van der Waals surface area contributed by atoms with Crippen molar-refractivity contribution in [1.82, 2.24) is 10.6 Å². The van der Waals surface area contributed by atoms with Crippen LogP contribution in [0, 0.1) is 10.1 Å². The highest BCUT2D eigenvalue weighted by Crippen LogP contribution is 2.12. The molecule has 0 saturated carbocycles. The minimum atomic E-state index is -0.452. The molecule has 2 rings (SSSR count). The molecule has 1 saturated heterocycles. The van der Waals surface area contributed by atoms with E-state index in [1.54, 1.807) is 12.1 Å². The van der Waals surface area contributed by atoms with Crippen LogP contribution in [-0.2, 0) is 16.1 Å². The summed E-state index contributed by atoms with van der Waals surface area (Å²) in [5, 5.41) is 16.5. The molecule has 7 heteroatoms. The molecular weight excluding hydrogens is 262 g/mol. The second-order valence-corrected chi connectivity index (χ2v) is 4.60. The molecule has 1 aromatic rings. The summed E-state index contributed by atoms with van der Waals surface area (Å²) in [4.78, 5) is 21.9. The number of nitro benzene ring substituents is 1. The summed E-state index contributed by atoms with van der Waals surface area (Å²) in [5.41, 5.74) is 0.729. The van der Waals surface area contributed by atoms with Crippen LogP contribution in [0.1, 0.15) is 12.0 Å². The summed E-state index contributed by atoms with van der Waals surface area (Å²) >= 11 is 0. The number of carbonyl (C=O) groups excluding carboxylic acids is 1. The lowest BCUT2D eigenvalue weighted by Gasteiger charge is -2.23. The largest absolute Gasteiger partial charge is 0.375 e. The Morgan fingerprint density at radius 3 is 3.10 bits per heavy atom. The van der Waals surface area contributed by atoms with E-state index in [9.17, 15) is 14.9 Å². The van der Waals surface area contributed by atoms with E-state index in [2.05, 4.69) is 10.6 Å². The van der Waals surface area contributed by atoms with Crippen molar-refractivity contribution in [2.45, 2.75) is 19.1 Å². The fraction of sp³-hybridized carbons (Fsp3) is 0.462. The lowest BCUT2D eigenvalue weighted by atomic mass is 10.2. The average molecular weight is 279 g/mol. The SMILES string of the molecule is O=C(CC1CNCCO1)NCc1cccc([N+](=O)[O-])c1. The van der Waals surface area contributed by atoms with E-state index in [0.29, 0.717) is 25.1 Å². The highest BCUT2D eigenvalue weighted by Gasteiger charge is 2.17. The molecule has 0 aromatic heterocycles.